The number of thiophene rings is 1. The van der Waals surface area contributed by atoms with Crippen LogP contribution in [0.2, 0.25) is 0 Å². The fourth-order valence-corrected chi connectivity index (χ4v) is 4.01. The largest absolute Gasteiger partial charge is 0.326 e. The molecule has 0 spiro atoms. The summed E-state index contributed by atoms with van der Waals surface area (Å²) in [6.07, 6.45) is 0. The Hall–Kier alpha value is -2.44. The summed E-state index contributed by atoms with van der Waals surface area (Å²) in [6, 6.07) is 12.6. The fraction of sp³-hybridized carbons (Fsp3) is 0.333. The maximum absolute atomic E-state index is 12.8. The lowest BCUT2D eigenvalue weighted by molar-refractivity contribution is -0.703. The summed E-state index contributed by atoms with van der Waals surface area (Å²) in [5.41, 5.74) is 5.05. The van der Waals surface area contributed by atoms with E-state index in [0.29, 0.717) is 0 Å². The maximum Gasteiger partial charge on any atom is 0.282 e. The van der Waals surface area contributed by atoms with Crippen molar-refractivity contribution in [3.05, 3.63) is 69.2 Å². The number of aromatic nitrogens is 2. The van der Waals surface area contributed by atoms with Gasteiger partial charge in [0.25, 0.3) is 5.91 Å². The molecular weight excluding hydrogens is 356 g/mol. The number of nitrogens with one attached hydrogen (secondary N) is 1. The molecular formula is C21H27N4OS+. The van der Waals surface area contributed by atoms with E-state index in [2.05, 4.69) is 64.4 Å². The standard InChI is InChI=1S/C21H26N4OS/c1-13-8-10-17(11-9-13)20(18-7-6-12-27-18)22-15(3)21(26)23-19-14(2)24-25(5)16(19)4/h6-12,15,20,22H,1-5H3,(H,23,26)/p+1/t15-,20+/m0/s1. The van der Waals surface area contributed by atoms with Crippen molar-refractivity contribution in [1.29, 1.82) is 0 Å². The molecule has 3 aromatic rings. The number of carbonyl (C=O) groups is 1. The van der Waals surface area contributed by atoms with Crippen LogP contribution in [0.25, 0.3) is 0 Å². The Labute approximate surface area is 164 Å². The first kappa shape index (κ1) is 19.3. The lowest BCUT2D eigenvalue weighted by Crippen LogP contribution is -2.92. The Bertz CT molecular complexity index is 913. The summed E-state index contributed by atoms with van der Waals surface area (Å²) in [5, 5.41) is 11.6. The highest BCUT2D eigenvalue weighted by Crippen LogP contribution is 2.23. The molecule has 1 aromatic carbocycles. The first-order chi connectivity index (χ1) is 12.9. The quantitative estimate of drug-likeness (QED) is 0.687. The van der Waals surface area contributed by atoms with Crippen molar-refractivity contribution in [2.45, 2.75) is 39.8 Å². The molecule has 0 aliphatic rings. The highest BCUT2D eigenvalue weighted by Gasteiger charge is 2.26. The van der Waals surface area contributed by atoms with E-state index in [4.69, 9.17) is 0 Å². The van der Waals surface area contributed by atoms with Gasteiger partial charge in [-0.05, 0) is 39.1 Å². The van der Waals surface area contributed by atoms with Crippen LogP contribution < -0.4 is 10.6 Å². The average molecular weight is 384 g/mol. The Kier molecular flexibility index (Phi) is 5.77. The zero-order chi connectivity index (χ0) is 19.6. The van der Waals surface area contributed by atoms with Gasteiger partial charge in [0.15, 0.2) is 6.04 Å². The second-order valence-electron chi connectivity index (χ2n) is 7.04. The summed E-state index contributed by atoms with van der Waals surface area (Å²) >= 11 is 1.72. The zero-order valence-electron chi connectivity index (χ0n) is 16.5. The predicted octanol–water partition coefficient (Wildman–Crippen LogP) is 3.09. The van der Waals surface area contributed by atoms with Crippen molar-refractivity contribution in [2.24, 2.45) is 7.05 Å². The minimum absolute atomic E-state index is 0.0112. The van der Waals surface area contributed by atoms with Gasteiger partial charge in [-0.1, -0.05) is 35.9 Å². The van der Waals surface area contributed by atoms with Crippen LogP contribution in [-0.4, -0.2) is 21.7 Å². The molecule has 0 saturated carbocycles. The van der Waals surface area contributed by atoms with Crippen molar-refractivity contribution >= 4 is 22.9 Å². The van der Waals surface area contributed by atoms with Gasteiger partial charge in [0, 0.05) is 12.6 Å². The first-order valence-electron chi connectivity index (χ1n) is 9.13. The molecule has 27 heavy (non-hydrogen) atoms. The third-order valence-corrected chi connectivity index (χ3v) is 5.89. The van der Waals surface area contributed by atoms with Crippen LogP contribution in [0.3, 0.4) is 0 Å². The number of nitrogens with zero attached hydrogens (tertiary/aromatic N) is 2. The molecule has 5 nitrogen and oxygen atoms in total. The molecule has 2 atom stereocenters. The number of hydrogen-bond acceptors (Lipinski definition) is 3. The number of quaternary nitrogens is 1. The van der Waals surface area contributed by atoms with Crippen molar-refractivity contribution < 1.29 is 10.1 Å². The summed E-state index contributed by atoms with van der Waals surface area (Å²) < 4.78 is 1.79. The van der Waals surface area contributed by atoms with E-state index in [9.17, 15) is 4.79 Å². The first-order valence-corrected chi connectivity index (χ1v) is 10.0. The maximum atomic E-state index is 12.8. The molecule has 0 bridgehead atoms. The van der Waals surface area contributed by atoms with E-state index in [0.717, 1.165) is 17.1 Å². The van der Waals surface area contributed by atoms with Gasteiger partial charge in [-0.2, -0.15) is 5.10 Å². The lowest BCUT2D eigenvalue weighted by Gasteiger charge is -2.19. The number of nitrogens with two attached hydrogens (primary N) is 1. The van der Waals surface area contributed by atoms with Crippen LogP contribution in [0.15, 0.2) is 41.8 Å². The molecule has 3 rings (SSSR count). The zero-order valence-corrected chi connectivity index (χ0v) is 17.3. The molecule has 0 fully saturated rings. The minimum Gasteiger partial charge on any atom is -0.326 e. The highest BCUT2D eigenvalue weighted by molar-refractivity contribution is 7.10. The van der Waals surface area contributed by atoms with Gasteiger partial charge in [0.2, 0.25) is 0 Å². The summed E-state index contributed by atoms with van der Waals surface area (Å²) in [4.78, 5) is 14.1. The Morgan fingerprint density at radius 2 is 1.89 bits per heavy atom. The van der Waals surface area contributed by atoms with Crippen molar-refractivity contribution in [1.82, 2.24) is 9.78 Å². The van der Waals surface area contributed by atoms with Crippen LogP contribution in [0, 0.1) is 20.8 Å². The van der Waals surface area contributed by atoms with Crippen molar-refractivity contribution in [2.75, 3.05) is 5.32 Å². The van der Waals surface area contributed by atoms with Crippen LogP contribution in [0.4, 0.5) is 5.69 Å². The Morgan fingerprint density at radius 1 is 1.19 bits per heavy atom. The summed E-state index contributed by atoms with van der Waals surface area (Å²) in [6.45, 7) is 7.91. The molecule has 0 unspecified atom stereocenters. The van der Waals surface area contributed by atoms with Gasteiger partial charge >= 0.3 is 0 Å². The van der Waals surface area contributed by atoms with Gasteiger partial charge in [-0.15, -0.1) is 11.3 Å². The highest BCUT2D eigenvalue weighted by atomic mass is 32.1. The molecule has 0 aliphatic carbocycles. The monoisotopic (exact) mass is 383 g/mol. The predicted molar refractivity (Wildman–Crippen MR) is 110 cm³/mol. The van der Waals surface area contributed by atoms with Gasteiger partial charge in [0.05, 0.1) is 22.0 Å². The van der Waals surface area contributed by atoms with Crippen LogP contribution in [0.5, 0.6) is 0 Å². The third-order valence-electron chi connectivity index (χ3n) is 4.94. The number of aryl methyl sites for hydroxylation is 3. The van der Waals surface area contributed by atoms with E-state index in [1.165, 1.54) is 16.0 Å². The van der Waals surface area contributed by atoms with Gasteiger partial charge in [-0.3, -0.25) is 9.48 Å². The number of anilines is 1. The number of carbonyl (C=O) groups excluding carboxylic acids is 1. The van der Waals surface area contributed by atoms with Crippen LogP contribution >= 0.6 is 11.3 Å². The summed E-state index contributed by atoms with van der Waals surface area (Å²) in [7, 11) is 1.89. The molecule has 0 aliphatic heterocycles. The second-order valence-corrected chi connectivity index (χ2v) is 8.02. The molecule has 0 radical (unpaired) electrons. The SMILES string of the molecule is Cc1ccc([C@@H]([NH2+][C@@H](C)C(=O)Nc2c(C)nn(C)c2C)c2cccs2)cc1. The molecule has 0 saturated heterocycles. The molecule has 1 amide bonds. The molecule has 2 heterocycles. The Balaban J connectivity index is 1.79. The average Bonchev–Trinajstić information content (AvgIpc) is 3.25. The summed E-state index contributed by atoms with van der Waals surface area (Å²) in [5.74, 6) is -0.0112. The van der Waals surface area contributed by atoms with Crippen molar-refractivity contribution in [3.8, 4) is 0 Å². The molecule has 3 N–H and O–H groups in total. The normalized spacial score (nSPS) is 13.4. The number of hydrogen-bond donors (Lipinski definition) is 2. The lowest BCUT2D eigenvalue weighted by atomic mass is 10.0. The fourth-order valence-electron chi connectivity index (χ4n) is 3.18. The second kappa shape index (κ2) is 8.06. The van der Waals surface area contributed by atoms with Crippen LogP contribution in [-0.2, 0) is 11.8 Å². The van der Waals surface area contributed by atoms with Crippen LogP contribution in [0.1, 0.15) is 40.4 Å². The van der Waals surface area contributed by atoms with Gasteiger partial charge in [-0.25, -0.2) is 0 Å². The number of benzene rings is 1. The van der Waals surface area contributed by atoms with E-state index < -0.39 is 0 Å². The van der Waals surface area contributed by atoms with E-state index in [-0.39, 0.29) is 18.0 Å². The number of rotatable bonds is 6. The topological polar surface area (TPSA) is 63.5 Å². The molecule has 142 valence electrons. The van der Waals surface area contributed by atoms with Gasteiger partial charge in [0.1, 0.15) is 6.04 Å². The minimum atomic E-state index is -0.239. The molecule has 6 heteroatoms. The van der Waals surface area contributed by atoms with E-state index in [1.807, 2.05) is 27.8 Å². The van der Waals surface area contributed by atoms with Gasteiger partial charge < -0.3 is 10.6 Å². The van der Waals surface area contributed by atoms with E-state index in [1.54, 1.807) is 16.0 Å². The number of amides is 1. The molecule has 2 aromatic heterocycles. The Morgan fingerprint density at radius 3 is 2.44 bits per heavy atom. The smallest absolute Gasteiger partial charge is 0.282 e. The van der Waals surface area contributed by atoms with Crippen molar-refractivity contribution in [3.63, 3.8) is 0 Å². The van der Waals surface area contributed by atoms with E-state index >= 15 is 0 Å². The third kappa shape index (κ3) is 4.28.